The zero-order valence-corrected chi connectivity index (χ0v) is 16.8. The summed E-state index contributed by atoms with van der Waals surface area (Å²) in [6, 6.07) is 0. The quantitative estimate of drug-likeness (QED) is 0.386. The second-order valence-electron chi connectivity index (χ2n) is 6.56. The van der Waals surface area contributed by atoms with Crippen molar-refractivity contribution in [3.8, 4) is 0 Å². The maximum absolute atomic E-state index is 5.10. The average Bonchev–Trinajstić information content (AvgIpc) is 2.89. The zero-order chi connectivity index (χ0) is 15.1. The predicted molar refractivity (Wildman–Crippen MR) is 103 cm³/mol. The molecular formula is C16H33IN4O. The van der Waals surface area contributed by atoms with Crippen molar-refractivity contribution >= 4 is 29.9 Å². The van der Waals surface area contributed by atoms with Gasteiger partial charge in [0.25, 0.3) is 0 Å². The van der Waals surface area contributed by atoms with Crippen molar-refractivity contribution in [3.05, 3.63) is 0 Å². The summed E-state index contributed by atoms with van der Waals surface area (Å²) < 4.78 is 5.10. The lowest BCUT2D eigenvalue weighted by Crippen LogP contribution is -2.43. The van der Waals surface area contributed by atoms with Gasteiger partial charge in [0.15, 0.2) is 5.96 Å². The average molecular weight is 424 g/mol. The summed E-state index contributed by atoms with van der Waals surface area (Å²) in [5, 5.41) is 3.46. The van der Waals surface area contributed by atoms with E-state index in [9.17, 15) is 0 Å². The normalized spacial score (nSPS) is 20.2. The molecule has 1 heterocycles. The largest absolute Gasteiger partial charge is 0.383 e. The van der Waals surface area contributed by atoms with E-state index in [-0.39, 0.29) is 24.0 Å². The number of nitrogens with zero attached hydrogens (tertiary/aromatic N) is 3. The first-order valence-electron chi connectivity index (χ1n) is 8.40. The van der Waals surface area contributed by atoms with Gasteiger partial charge in [-0.3, -0.25) is 4.99 Å². The van der Waals surface area contributed by atoms with Gasteiger partial charge in [0, 0.05) is 39.8 Å². The Kier molecular flexibility index (Phi) is 9.01. The summed E-state index contributed by atoms with van der Waals surface area (Å²) in [5.41, 5.74) is 0.630. The van der Waals surface area contributed by atoms with Gasteiger partial charge in [-0.15, -0.1) is 24.0 Å². The summed E-state index contributed by atoms with van der Waals surface area (Å²) >= 11 is 0. The molecule has 0 amide bonds. The van der Waals surface area contributed by atoms with Crippen LogP contribution in [0, 0.1) is 5.41 Å². The Bertz CT molecular complexity index is 347. The highest BCUT2D eigenvalue weighted by molar-refractivity contribution is 14.0. The highest BCUT2D eigenvalue weighted by atomic mass is 127. The van der Waals surface area contributed by atoms with Crippen LogP contribution in [0.15, 0.2) is 4.99 Å². The number of methoxy groups -OCH3 is 1. The highest BCUT2D eigenvalue weighted by Crippen LogP contribution is 2.47. The van der Waals surface area contributed by atoms with Crippen LogP contribution in [0.5, 0.6) is 0 Å². The Balaban J connectivity index is 0.00000242. The molecule has 22 heavy (non-hydrogen) atoms. The molecule has 1 saturated heterocycles. The van der Waals surface area contributed by atoms with Crippen molar-refractivity contribution in [2.75, 3.05) is 60.0 Å². The van der Waals surface area contributed by atoms with E-state index in [2.05, 4.69) is 29.1 Å². The Labute approximate surface area is 152 Å². The lowest BCUT2D eigenvalue weighted by atomic mass is 9.68. The Morgan fingerprint density at radius 2 is 2.09 bits per heavy atom. The van der Waals surface area contributed by atoms with Crippen molar-refractivity contribution in [3.63, 3.8) is 0 Å². The van der Waals surface area contributed by atoms with Crippen LogP contribution in [0.2, 0.25) is 0 Å². The fourth-order valence-corrected chi connectivity index (χ4v) is 3.31. The van der Waals surface area contributed by atoms with E-state index in [1.807, 2.05) is 0 Å². The molecule has 2 rings (SSSR count). The first kappa shape index (κ1) is 20.0. The second kappa shape index (κ2) is 9.93. The Hall–Kier alpha value is -0.0800. The Morgan fingerprint density at radius 3 is 2.64 bits per heavy atom. The molecular weight excluding hydrogens is 391 g/mol. The minimum Gasteiger partial charge on any atom is -0.383 e. The molecule has 0 unspecified atom stereocenters. The van der Waals surface area contributed by atoms with Crippen LogP contribution >= 0.6 is 24.0 Å². The van der Waals surface area contributed by atoms with Crippen LogP contribution in [0.1, 0.15) is 32.6 Å². The van der Waals surface area contributed by atoms with E-state index < -0.39 is 0 Å². The third kappa shape index (κ3) is 5.53. The Morgan fingerprint density at radius 1 is 1.32 bits per heavy atom. The van der Waals surface area contributed by atoms with Gasteiger partial charge in [0.05, 0.1) is 13.2 Å². The SMILES string of the molecule is CCNC(=NCCN(C)CCOC)N1CCC2(CCC2)C1.I. The van der Waals surface area contributed by atoms with E-state index in [0.717, 1.165) is 38.7 Å². The number of rotatable bonds is 7. The minimum atomic E-state index is 0. The lowest BCUT2D eigenvalue weighted by molar-refractivity contribution is 0.151. The lowest BCUT2D eigenvalue weighted by Gasteiger charge is -2.38. The molecule has 2 aliphatic rings. The molecule has 0 bridgehead atoms. The zero-order valence-electron chi connectivity index (χ0n) is 14.4. The van der Waals surface area contributed by atoms with Crippen molar-refractivity contribution in [2.45, 2.75) is 32.6 Å². The van der Waals surface area contributed by atoms with Crippen LogP contribution in [0.3, 0.4) is 0 Å². The summed E-state index contributed by atoms with van der Waals surface area (Å²) in [7, 11) is 3.87. The number of ether oxygens (including phenoxy) is 1. The molecule has 6 heteroatoms. The first-order chi connectivity index (χ1) is 10.2. The van der Waals surface area contributed by atoms with Gasteiger partial charge in [0.1, 0.15) is 0 Å². The van der Waals surface area contributed by atoms with E-state index in [1.54, 1.807) is 7.11 Å². The fraction of sp³-hybridized carbons (Fsp3) is 0.938. The molecule has 0 aromatic carbocycles. The van der Waals surface area contributed by atoms with Crippen molar-refractivity contribution in [1.82, 2.24) is 15.1 Å². The third-order valence-electron chi connectivity index (χ3n) is 4.91. The van der Waals surface area contributed by atoms with Crippen LogP contribution in [0.25, 0.3) is 0 Å². The summed E-state index contributed by atoms with van der Waals surface area (Å²) in [6.07, 6.45) is 5.61. The maximum atomic E-state index is 5.10. The maximum Gasteiger partial charge on any atom is 0.193 e. The topological polar surface area (TPSA) is 40.1 Å². The van der Waals surface area contributed by atoms with E-state index >= 15 is 0 Å². The molecule has 1 N–H and O–H groups in total. The molecule has 0 atom stereocenters. The molecule has 130 valence electrons. The van der Waals surface area contributed by atoms with Gasteiger partial charge >= 0.3 is 0 Å². The smallest absolute Gasteiger partial charge is 0.193 e. The van der Waals surface area contributed by atoms with Crippen LogP contribution in [-0.2, 0) is 4.74 Å². The van der Waals surface area contributed by atoms with Crippen LogP contribution in [0.4, 0.5) is 0 Å². The number of likely N-dealkylation sites (tertiary alicyclic amines) is 1. The van der Waals surface area contributed by atoms with Gasteiger partial charge in [-0.25, -0.2) is 0 Å². The monoisotopic (exact) mass is 424 g/mol. The number of likely N-dealkylation sites (N-methyl/N-ethyl adjacent to an activating group) is 1. The number of hydrogen-bond acceptors (Lipinski definition) is 3. The fourth-order valence-electron chi connectivity index (χ4n) is 3.31. The minimum absolute atomic E-state index is 0. The van der Waals surface area contributed by atoms with E-state index in [4.69, 9.17) is 9.73 Å². The van der Waals surface area contributed by atoms with Gasteiger partial charge in [-0.1, -0.05) is 6.42 Å². The van der Waals surface area contributed by atoms with Crippen molar-refractivity contribution in [2.24, 2.45) is 10.4 Å². The van der Waals surface area contributed by atoms with Gasteiger partial charge in [0.2, 0.25) is 0 Å². The molecule has 0 radical (unpaired) electrons. The summed E-state index contributed by atoms with van der Waals surface area (Å²) in [4.78, 5) is 9.56. The summed E-state index contributed by atoms with van der Waals surface area (Å²) in [5.74, 6) is 1.11. The summed E-state index contributed by atoms with van der Waals surface area (Å²) in [6.45, 7) is 9.06. The number of nitrogens with one attached hydrogen (secondary N) is 1. The number of halogens is 1. The van der Waals surface area contributed by atoms with Crippen LogP contribution in [-0.4, -0.2) is 75.8 Å². The highest BCUT2D eigenvalue weighted by Gasteiger charge is 2.43. The molecule has 1 aliphatic carbocycles. The van der Waals surface area contributed by atoms with Crippen molar-refractivity contribution in [1.29, 1.82) is 0 Å². The second-order valence-corrected chi connectivity index (χ2v) is 6.56. The molecule has 0 aromatic rings. The molecule has 0 aromatic heterocycles. The molecule has 1 aliphatic heterocycles. The number of hydrogen-bond donors (Lipinski definition) is 1. The first-order valence-corrected chi connectivity index (χ1v) is 8.40. The molecule has 1 saturated carbocycles. The number of aliphatic imine (C=N–C) groups is 1. The molecule has 2 fully saturated rings. The van der Waals surface area contributed by atoms with Crippen LogP contribution < -0.4 is 5.32 Å². The van der Waals surface area contributed by atoms with Gasteiger partial charge in [-0.05, 0) is 38.6 Å². The third-order valence-corrected chi connectivity index (χ3v) is 4.91. The predicted octanol–water partition coefficient (Wildman–Crippen LogP) is 2.02. The van der Waals surface area contributed by atoms with Gasteiger partial charge < -0.3 is 19.9 Å². The van der Waals surface area contributed by atoms with Gasteiger partial charge in [-0.2, -0.15) is 0 Å². The molecule has 5 nitrogen and oxygen atoms in total. The standard InChI is InChI=1S/C16H32N4O.HI/c1-4-17-15(18-9-11-19(2)12-13-21-3)20-10-8-16(14-20)6-5-7-16;/h4-14H2,1-3H3,(H,17,18);1H. The number of guanidine groups is 1. The van der Waals surface area contributed by atoms with E-state index in [1.165, 1.54) is 38.8 Å². The van der Waals surface area contributed by atoms with E-state index in [0.29, 0.717) is 5.41 Å². The molecule has 1 spiro atoms. The van der Waals surface area contributed by atoms with Crippen molar-refractivity contribution < 1.29 is 4.74 Å².